The van der Waals surface area contributed by atoms with Gasteiger partial charge in [-0.2, -0.15) is 0 Å². The lowest BCUT2D eigenvalue weighted by Gasteiger charge is -2.13. The van der Waals surface area contributed by atoms with E-state index in [0.717, 1.165) is 0 Å². The average Bonchev–Trinajstić information content (AvgIpc) is 2.47. The van der Waals surface area contributed by atoms with Crippen LogP contribution in [0.3, 0.4) is 0 Å². The first-order chi connectivity index (χ1) is 9.95. The van der Waals surface area contributed by atoms with Gasteiger partial charge in [-0.05, 0) is 38.0 Å². The molecule has 0 radical (unpaired) electrons. The number of carbonyl (C=O) groups is 2. The summed E-state index contributed by atoms with van der Waals surface area (Å²) in [5.41, 5.74) is 1.30. The van der Waals surface area contributed by atoms with Gasteiger partial charge in [-0.25, -0.2) is 0 Å². The Morgan fingerprint density at radius 3 is 2.48 bits per heavy atom. The summed E-state index contributed by atoms with van der Waals surface area (Å²) in [6.45, 7) is 7.33. The number of carboxylic acids is 1. The highest BCUT2D eigenvalue weighted by atomic mass is 16.5. The minimum absolute atomic E-state index is 0.238. The van der Waals surface area contributed by atoms with Crippen LogP contribution >= 0.6 is 0 Å². The summed E-state index contributed by atoms with van der Waals surface area (Å²) in [6.07, 6.45) is 1.87. The quantitative estimate of drug-likeness (QED) is 0.570. The second-order valence-corrected chi connectivity index (χ2v) is 4.76. The molecule has 0 saturated heterocycles. The van der Waals surface area contributed by atoms with Gasteiger partial charge in [-0.3, -0.25) is 9.59 Å². The highest BCUT2D eigenvalue weighted by molar-refractivity contribution is 5.93. The number of carboxylic acid groups (broad SMARTS) is 1. The number of carbonyl (C=O) groups excluding carboxylic acids is 1. The number of rotatable bonds is 8. The van der Waals surface area contributed by atoms with Crippen LogP contribution in [0.4, 0.5) is 5.69 Å². The molecule has 0 aliphatic carbocycles. The monoisotopic (exact) mass is 291 g/mol. The first-order valence-electron chi connectivity index (χ1n) is 6.81. The van der Waals surface area contributed by atoms with Crippen LogP contribution in [-0.4, -0.2) is 29.7 Å². The van der Waals surface area contributed by atoms with Crippen LogP contribution in [-0.2, 0) is 14.3 Å². The first-order valence-corrected chi connectivity index (χ1v) is 6.81. The van der Waals surface area contributed by atoms with Gasteiger partial charge in [0.05, 0.1) is 12.5 Å². The maximum absolute atomic E-state index is 11.9. The fraction of sp³-hybridized carbons (Fsp3) is 0.375. The molecule has 2 N–H and O–H groups in total. The molecule has 0 spiro atoms. The van der Waals surface area contributed by atoms with E-state index in [9.17, 15) is 9.59 Å². The van der Waals surface area contributed by atoms with Gasteiger partial charge in [0.2, 0.25) is 0 Å². The van der Waals surface area contributed by atoms with Crippen molar-refractivity contribution in [1.82, 2.24) is 0 Å². The average molecular weight is 291 g/mol. The standard InChI is InChI=1S/C16H21NO4/c1-4-5-10-21-12(3)15(18)17-14-8-6-13(7-9-14)11(2)16(19)20/h4,6-9,11-12H,1,5,10H2,2-3H3,(H,17,18)(H,19,20). The minimum Gasteiger partial charge on any atom is -0.481 e. The highest BCUT2D eigenvalue weighted by Gasteiger charge is 2.15. The predicted octanol–water partition coefficient (Wildman–Crippen LogP) is 2.79. The van der Waals surface area contributed by atoms with Crippen molar-refractivity contribution in [3.63, 3.8) is 0 Å². The number of nitrogens with one attached hydrogen (secondary N) is 1. The van der Waals surface area contributed by atoms with E-state index < -0.39 is 18.0 Å². The van der Waals surface area contributed by atoms with Gasteiger partial charge in [-0.15, -0.1) is 6.58 Å². The Morgan fingerprint density at radius 1 is 1.33 bits per heavy atom. The largest absolute Gasteiger partial charge is 0.481 e. The van der Waals surface area contributed by atoms with E-state index in [0.29, 0.717) is 24.3 Å². The number of hydrogen-bond acceptors (Lipinski definition) is 3. The predicted molar refractivity (Wildman–Crippen MR) is 81.4 cm³/mol. The van der Waals surface area contributed by atoms with Crippen molar-refractivity contribution < 1.29 is 19.4 Å². The summed E-state index contributed by atoms with van der Waals surface area (Å²) in [5.74, 6) is -1.69. The number of amides is 1. The fourth-order valence-corrected chi connectivity index (χ4v) is 1.65. The van der Waals surface area contributed by atoms with Crippen LogP contribution < -0.4 is 5.32 Å². The molecule has 0 aliphatic rings. The summed E-state index contributed by atoms with van der Waals surface area (Å²) in [5, 5.41) is 11.7. The molecule has 0 heterocycles. The van der Waals surface area contributed by atoms with Gasteiger partial charge in [0, 0.05) is 5.69 Å². The van der Waals surface area contributed by atoms with Crippen molar-refractivity contribution >= 4 is 17.6 Å². The molecule has 0 aliphatic heterocycles. The Hall–Kier alpha value is -2.14. The maximum Gasteiger partial charge on any atom is 0.310 e. The third kappa shape index (κ3) is 5.39. The molecule has 1 aromatic rings. The highest BCUT2D eigenvalue weighted by Crippen LogP contribution is 2.18. The van der Waals surface area contributed by atoms with Gasteiger partial charge in [-0.1, -0.05) is 18.2 Å². The van der Waals surface area contributed by atoms with Crippen molar-refractivity contribution in [2.45, 2.75) is 32.3 Å². The molecule has 114 valence electrons. The van der Waals surface area contributed by atoms with Crippen molar-refractivity contribution in [2.75, 3.05) is 11.9 Å². The lowest BCUT2D eigenvalue weighted by molar-refractivity contribution is -0.138. The zero-order valence-corrected chi connectivity index (χ0v) is 12.3. The van der Waals surface area contributed by atoms with Crippen molar-refractivity contribution in [1.29, 1.82) is 0 Å². The Balaban J connectivity index is 2.57. The summed E-state index contributed by atoms with van der Waals surface area (Å²) in [6, 6.07) is 6.75. The second-order valence-electron chi connectivity index (χ2n) is 4.76. The van der Waals surface area contributed by atoms with Crippen LogP contribution in [0.1, 0.15) is 31.7 Å². The fourth-order valence-electron chi connectivity index (χ4n) is 1.65. The lowest BCUT2D eigenvalue weighted by atomic mass is 10.0. The van der Waals surface area contributed by atoms with Gasteiger partial charge >= 0.3 is 5.97 Å². The van der Waals surface area contributed by atoms with Crippen LogP contribution in [0.5, 0.6) is 0 Å². The number of ether oxygens (including phenoxy) is 1. The Morgan fingerprint density at radius 2 is 1.95 bits per heavy atom. The molecule has 2 unspecified atom stereocenters. The molecular weight excluding hydrogens is 270 g/mol. The van der Waals surface area contributed by atoms with Crippen LogP contribution in [0.25, 0.3) is 0 Å². The van der Waals surface area contributed by atoms with E-state index in [4.69, 9.17) is 9.84 Å². The first kappa shape index (κ1) is 16.9. The van der Waals surface area contributed by atoms with Crippen molar-refractivity contribution in [2.24, 2.45) is 0 Å². The van der Waals surface area contributed by atoms with Gasteiger partial charge in [0.1, 0.15) is 6.10 Å². The normalized spacial score (nSPS) is 13.2. The molecule has 5 heteroatoms. The third-order valence-electron chi connectivity index (χ3n) is 3.11. The summed E-state index contributed by atoms with van der Waals surface area (Å²) < 4.78 is 5.35. The minimum atomic E-state index is -0.879. The number of benzene rings is 1. The molecule has 0 fully saturated rings. The zero-order chi connectivity index (χ0) is 15.8. The molecule has 0 bridgehead atoms. The van der Waals surface area contributed by atoms with Crippen molar-refractivity contribution in [3.8, 4) is 0 Å². The number of anilines is 1. The number of aliphatic carboxylic acids is 1. The van der Waals surface area contributed by atoms with Gasteiger partial charge in [0.15, 0.2) is 0 Å². The molecule has 21 heavy (non-hydrogen) atoms. The van der Waals surface area contributed by atoms with Crippen LogP contribution in [0, 0.1) is 0 Å². The molecule has 5 nitrogen and oxygen atoms in total. The van der Waals surface area contributed by atoms with E-state index >= 15 is 0 Å². The lowest BCUT2D eigenvalue weighted by Crippen LogP contribution is -2.28. The van der Waals surface area contributed by atoms with Gasteiger partial charge in [0.25, 0.3) is 5.91 Å². The summed E-state index contributed by atoms with van der Waals surface area (Å²) >= 11 is 0. The van der Waals surface area contributed by atoms with Crippen LogP contribution in [0.15, 0.2) is 36.9 Å². The van der Waals surface area contributed by atoms with E-state index in [1.165, 1.54) is 0 Å². The molecule has 2 atom stereocenters. The Labute approximate surface area is 124 Å². The third-order valence-corrected chi connectivity index (χ3v) is 3.11. The molecule has 1 amide bonds. The van der Waals surface area contributed by atoms with Gasteiger partial charge < -0.3 is 15.2 Å². The van der Waals surface area contributed by atoms with E-state index in [1.54, 1.807) is 44.2 Å². The summed E-state index contributed by atoms with van der Waals surface area (Å²) in [4.78, 5) is 22.8. The van der Waals surface area contributed by atoms with E-state index in [2.05, 4.69) is 11.9 Å². The molecule has 1 rings (SSSR count). The number of hydrogen-bond donors (Lipinski definition) is 2. The summed E-state index contributed by atoms with van der Waals surface area (Å²) in [7, 11) is 0. The topological polar surface area (TPSA) is 75.6 Å². The Bertz CT molecular complexity index is 496. The molecular formula is C16H21NO4. The maximum atomic E-state index is 11.9. The molecule has 0 saturated carbocycles. The van der Waals surface area contributed by atoms with E-state index in [-0.39, 0.29) is 5.91 Å². The molecule has 1 aromatic carbocycles. The van der Waals surface area contributed by atoms with Crippen LogP contribution in [0.2, 0.25) is 0 Å². The Kier molecular flexibility index (Phi) is 6.62. The molecule has 0 aromatic heterocycles. The zero-order valence-electron chi connectivity index (χ0n) is 12.3. The second kappa shape index (κ2) is 8.21. The SMILES string of the molecule is C=CCCOC(C)C(=O)Nc1ccc(C(C)C(=O)O)cc1. The smallest absolute Gasteiger partial charge is 0.310 e. The van der Waals surface area contributed by atoms with E-state index in [1.807, 2.05) is 0 Å². The van der Waals surface area contributed by atoms with Crippen molar-refractivity contribution in [3.05, 3.63) is 42.5 Å².